The fraction of sp³-hybridized carbons (Fsp3) is 0.263. The fourth-order valence-corrected chi connectivity index (χ4v) is 4.06. The van der Waals surface area contributed by atoms with E-state index in [1.165, 1.54) is 23.5 Å². The van der Waals surface area contributed by atoms with Gasteiger partial charge in [-0.25, -0.2) is 4.90 Å². The third-order valence-corrected chi connectivity index (χ3v) is 5.47. The summed E-state index contributed by atoms with van der Waals surface area (Å²) in [6, 6.07) is 7.74. The molecule has 1 aromatic carbocycles. The number of hydrogen-bond acceptors (Lipinski definition) is 5. The summed E-state index contributed by atoms with van der Waals surface area (Å²) in [7, 11) is 0. The molecular formula is C19H15F3N2O3S. The van der Waals surface area contributed by atoms with E-state index in [-0.39, 0.29) is 17.0 Å². The molecule has 1 saturated heterocycles. The maximum Gasteiger partial charge on any atom is 0.416 e. The van der Waals surface area contributed by atoms with Crippen LogP contribution in [0.15, 0.2) is 47.5 Å². The minimum Gasteiger partial charge on any atom is -0.378 e. The molecule has 0 aliphatic carbocycles. The molecular weight excluding hydrogens is 393 g/mol. The Balaban J connectivity index is 1.79. The number of amides is 2. The van der Waals surface area contributed by atoms with E-state index in [1.807, 2.05) is 0 Å². The van der Waals surface area contributed by atoms with Crippen molar-refractivity contribution < 1.29 is 27.5 Å². The number of benzene rings is 1. The zero-order valence-corrected chi connectivity index (χ0v) is 15.3. The van der Waals surface area contributed by atoms with E-state index in [0.717, 1.165) is 17.0 Å². The zero-order chi connectivity index (χ0) is 19.9. The Morgan fingerprint density at radius 2 is 1.75 bits per heavy atom. The van der Waals surface area contributed by atoms with Crippen molar-refractivity contribution in [2.75, 3.05) is 31.2 Å². The summed E-state index contributed by atoms with van der Waals surface area (Å²) in [5.74, 6) is -1.23. The molecule has 1 fully saturated rings. The number of imide groups is 1. The molecule has 2 amide bonds. The lowest BCUT2D eigenvalue weighted by molar-refractivity contribution is -0.137. The van der Waals surface area contributed by atoms with Crippen molar-refractivity contribution in [3.05, 3.63) is 57.9 Å². The molecule has 2 aliphatic heterocycles. The first-order valence-electron chi connectivity index (χ1n) is 8.55. The topological polar surface area (TPSA) is 49.9 Å². The Kier molecular flexibility index (Phi) is 4.72. The maximum absolute atomic E-state index is 13.2. The van der Waals surface area contributed by atoms with Gasteiger partial charge < -0.3 is 9.64 Å². The maximum atomic E-state index is 13.2. The van der Waals surface area contributed by atoms with E-state index in [4.69, 9.17) is 4.74 Å². The molecule has 0 N–H and O–H groups in total. The molecule has 5 nitrogen and oxygen atoms in total. The number of carbonyl (C=O) groups excluding carboxylic acids is 2. The van der Waals surface area contributed by atoms with Crippen LogP contribution < -0.4 is 4.90 Å². The van der Waals surface area contributed by atoms with Crippen LogP contribution in [0.1, 0.15) is 10.4 Å². The number of thiophene rings is 1. The van der Waals surface area contributed by atoms with Gasteiger partial charge in [0.05, 0.1) is 30.0 Å². The third kappa shape index (κ3) is 3.20. The van der Waals surface area contributed by atoms with Crippen molar-refractivity contribution >= 4 is 34.4 Å². The first-order valence-corrected chi connectivity index (χ1v) is 9.43. The van der Waals surface area contributed by atoms with Crippen molar-refractivity contribution in [1.82, 2.24) is 4.90 Å². The van der Waals surface area contributed by atoms with Gasteiger partial charge in [0.1, 0.15) is 5.70 Å². The highest BCUT2D eigenvalue weighted by Crippen LogP contribution is 2.38. The van der Waals surface area contributed by atoms with E-state index in [9.17, 15) is 22.8 Å². The van der Waals surface area contributed by atoms with Gasteiger partial charge in [-0.05, 0) is 29.6 Å². The molecule has 146 valence electrons. The lowest BCUT2D eigenvalue weighted by atomic mass is 10.1. The summed E-state index contributed by atoms with van der Waals surface area (Å²) in [5.41, 5.74) is -0.572. The quantitative estimate of drug-likeness (QED) is 0.731. The number of nitrogens with zero attached hydrogens (tertiary/aromatic N) is 2. The Labute approximate surface area is 162 Å². The van der Waals surface area contributed by atoms with Crippen molar-refractivity contribution in [1.29, 1.82) is 0 Å². The monoisotopic (exact) mass is 408 g/mol. The van der Waals surface area contributed by atoms with Gasteiger partial charge in [-0.15, -0.1) is 11.3 Å². The minimum absolute atomic E-state index is 0.0952. The first kappa shape index (κ1) is 18.7. The predicted molar refractivity (Wildman–Crippen MR) is 97.6 cm³/mol. The van der Waals surface area contributed by atoms with Gasteiger partial charge in [-0.2, -0.15) is 13.2 Å². The second kappa shape index (κ2) is 7.06. The van der Waals surface area contributed by atoms with Gasteiger partial charge >= 0.3 is 6.18 Å². The van der Waals surface area contributed by atoms with Gasteiger partial charge in [-0.3, -0.25) is 9.59 Å². The third-order valence-electron chi connectivity index (χ3n) is 4.59. The molecule has 3 heterocycles. The molecule has 0 saturated carbocycles. The Morgan fingerprint density at radius 3 is 2.39 bits per heavy atom. The molecule has 2 aromatic rings. The molecule has 9 heteroatoms. The van der Waals surface area contributed by atoms with Gasteiger partial charge in [0, 0.05) is 18.0 Å². The highest BCUT2D eigenvalue weighted by atomic mass is 32.1. The SMILES string of the molecule is O=C1C(c2cccs2)=C(N2CCOCC2)C(=O)N1c1cccc(C(F)(F)F)c1. The Hall–Kier alpha value is -2.65. The van der Waals surface area contributed by atoms with E-state index in [1.54, 1.807) is 22.4 Å². The van der Waals surface area contributed by atoms with Crippen LogP contribution in [0, 0.1) is 0 Å². The molecule has 0 radical (unpaired) electrons. The number of halogens is 3. The fourth-order valence-electron chi connectivity index (χ4n) is 3.30. The molecule has 0 spiro atoms. The summed E-state index contributed by atoms with van der Waals surface area (Å²) < 4.78 is 44.6. The Bertz CT molecular complexity index is 948. The smallest absolute Gasteiger partial charge is 0.378 e. The van der Waals surface area contributed by atoms with E-state index in [2.05, 4.69) is 0 Å². The average Bonchev–Trinajstić information content (AvgIpc) is 3.28. The van der Waals surface area contributed by atoms with Crippen LogP contribution in [0.4, 0.5) is 18.9 Å². The highest BCUT2D eigenvalue weighted by Gasteiger charge is 2.43. The van der Waals surface area contributed by atoms with E-state index >= 15 is 0 Å². The lowest BCUT2D eigenvalue weighted by Crippen LogP contribution is -2.40. The Morgan fingerprint density at radius 1 is 1.00 bits per heavy atom. The molecule has 4 rings (SSSR count). The second-order valence-electron chi connectivity index (χ2n) is 6.29. The van der Waals surface area contributed by atoms with Crippen LogP contribution in [-0.2, 0) is 20.5 Å². The van der Waals surface area contributed by atoms with Gasteiger partial charge in [-0.1, -0.05) is 12.1 Å². The van der Waals surface area contributed by atoms with Crippen LogP contribution in [0.3, 0.4) is 0 Å². The molecule has 0 atom stereocenters. The second-order valence-corrected chi connectivity index (χ2v) is 7.24. The number of carbonyl (C=O) groups is 2. The molecule has 2 aliphatic rings. The van der Waals surface area contributed by atoms with E-state index < -0.39 is 23.6 Å². The predicted octanol–water partition coefficient (Wildman–Crippen LogP) is 3.38. The summed E-state index contributed by atoms with van der Waals surface area (Å²) >= 11 is 1.30. The zero-order valence-electron chi connectivity index (χ0n) is 14.5. The summed E-state index contributed by atoms with van der Waals surface area (Å²) in [6.45, 7) is 1.68. The van der Waals surface area contributed by atoms with Crippen LogP contribution in [0.5, 0.6) is 0 Å². The van der Waals surface area contributed by atoms with Crippen molar-refractivity contribution in [2.24, 2.45) is 0 Å². The van der Waals surface area contributed by atoms with Crippen molar-refractivity contribution in [2.45, 2.75) is 6.18 Å². The van der Waals surface area contributed by atoms with Gasteiger partial charge in [0.2, 0.25) is 0 Å². The summed E-state index contributed by atoms with van der Waals surface area (Å²) in [6.07, 6.45) is -4.57. The largest absolute Gasteiger partial charge is 0.416 e. The first-order chi connectivity index (χ1) is 13.4. The molecule has 1 aromatic heterocycles. The normalized spacial score (nSPS) is 18.4. The van der Waals surface area contributed by atoms with Crippen LogP contribution in [-0.4, -0.2) is 43.0 Å². The highest BCUT2D eigenvalue weighted by molar-refractivity contribution is 7.11. The number of ether oxygens (including phenoxy) is 1. The number of alkyl halides is 3. The van der Waals surface area contributed by atoms with E-state index in [0.29, 0.717) is 31.2 Å². The molecule has 0 bridgehead atoms. The number of morpholine rings is 1. The number of rotatable bonds is 3. The van der Waals surface area contributed by atoms with Gasteiger partial charge in [0.25, 0.3) is 11.8 Å². The van der Waals surface area contributed by atoms with Crippen molar-refractivity contribution in [3.8, 4) is 0 Å². The minimum atomic E-state index is -4.57. The number of hydrogen-bond donors (Lipinski definition) is 0. The van der Waals surface area contributed by atoms with Gasteiger partial charge in [0.15, 0.2) is 0 Å². The summed E-state index contributed by atoms with van der Waals surface area (Å²) in [4.78, 5) is 29.5. The van der Waals surface area contributed by atoms with Crippen LogP contribution in [0.25, 0.3) is 5.57 Å². The number of anilines is 1. The summed E-state index contributed by atoms with van der Waals surface area (Å²) in [5, 5.41) is 1.78. The molecule has 0 unspecified atom stereocenters. The van der Waals surface area contributed by atoms with Crippen molar-refractivity contribution in [3.63, 3.8) is 0 Å². The standard InChI is InChI=1S/C19H15F3N2O3S/c20-19(21,22)12-3-1-4-13(11-12)24-17(25)15(14-5-2-10-28-14)16(18(24)26)23-6-8-27-9-7-23/h1-5,10-11H,6-9H2. The van der Waals surface area contributed by atoms with Crippen LogP contribution in [0.2, 0.25) is 0 Å². The molecule has 28 heavy (non-hydrogen) atoms. The van der Waals surface area contributed by atoms with Crippen LogP contribution >= 0.6 is 11.3 Å². The average molecular weight is 408 g/mol. The lowest BCUT2D eigenvalue weighted by Gasteiger charge is -2.29.